The van der Waals surface area contributed by atoms with Gasteiger partial charge in [-0.1, -0.05) is 0 Å². The molecule has 0 saturated heterocycles. The van der Waals surface area contributed by atoms with Crippen LogP contribution < -0.4 is 11.1 Å². The van der Waals surface area contributed by atoms with E-state index >= 15 is 0 Å². The highest BCUT2D eigenvalue weighted by atomic mass is 16.4. The summed E-state index contributed by atoms with van der Waals surface area (Å²) in [6.45, 7) is -0.294. The van der Waals surface area contributed by atoms with Crippen molar-refractivity contribution in [3.05, 3.63) is 0 Å². The van der Waals surface area contributed by atoms with Gasteiger partial charge in [0, 0.05) is 5.92 Å². The molecule has 3 aliphatic rings. The summed E-state index contributed by atoms with van der Waals surface area (Å²) in [7, 11) is 0. The maximum Gasteiger partial charge on any atom is 0.329 e. The van der Waals surface area contributed by atoms with Crippen molar-refractivity contribution in [2.45, 2.75) is 24.8 Å². The molecule has 1 spiro atoms. The zero-order valence-corrected chi connectivity index (χ0v) is 10.3. The molecular formula is C12H16N2O5. The predicted octanol–water partition coefficient (Wildman–Crippen LogP) is -0.985. The first-order valence-corrected chi connectivity index (χ1v) is 6.35. The van der Waals surface area contributed by atoms with Crippen molar-refractivity contribution in [3.63, 3.8) is 0 Å². The van der Waals surface area contributed by atoms with Crippen LogP contribution in [0.3, 0.4) is 0 Å². The number of carboxylic acid groups (broad SMARTS) is 2. The number of nitrogens with one attached hydrogen (secondary N) is 1. The second-order valence-corrected chi connectivity index (χ2v) is 5.98. The molecule has 1 amide bonds. The lowest BCUT2D eigenvalue weighted by molar-refractivity contribution is -0.150. The fourth-order valence-electron chi connectivity index (χ4n) is 4.15. The lowest BCUT2D eigenvalue weighted by atomic mass is 9.85. The third kappa shape index (κ3) is 1.44. The smallest absolute Gasteiger partial charge is 0.329 e. The number of hydrogen-bond acceptors (Lipinski definition) is 4. The van der Waals surface area contributed by atoms with Gasteiger partial charge >= 0.3 is 11.9 Å². The van der Waals surface area contributed by atoms with Crippen LogP contribution in [0, 0.1) is 23.2 Å². The molecule has 0 aromatic rings. The average Bonchev–Trinajstić information content (AvgIpc) is 3.18. The Morgan fingerprint density at radius 1 is 1.21 bits per heavy atom. The van der Waals surface area contributed by atoms with Crippen molar-refractivity contribution >= 4 is 17.8 Å². The van der Waals surface area contributed by atoms with E-state index < -0.39 is 35.2 Å². The van der Waals surface area contributed by atoms with E-state index in [0.717, 1.165) is 12.8 Å². The van der Waals surface area contributed by atoms with E-state index in [9.17, 15) is 24.6 Å². The zero-order valence-electron chi connectivity index (χ0n) is 10.3. The van der Waals surface area contributed by atoms with Gasteiger partial charge in [0.1, 0.15) is 5.54 Å². The van der Waals surface area contributed by atoms with Gasteiger partial charge in [0.2, 0.25) is 5.91 Å². The van der Waals surface area contributed by atoms with Crippen molar-refractivity contribution in [1.29, 1.82) is 0 Å². The summed E-state index contributed by atoms with van der Waals surface area (Å²) in [5.41, 5.74) is 3.59. The molecule has 0 aliphatic heterocycles. The van der Waals surface area contributed by atoms with Crippen LogP contribution in [0.4, 0.5) is 0 Å². The van der Waals surface area contributed by atoms with E-state index in [1.54, 1.807) is 0 Å². The lowest BCUT2D eigenvalue weighted by Crippen LogP contribution is -2.57. The highest BCUT2D eigenvalue weighted by molar-refractivity contribution is 5.91. The van der Waals surface area contributed by atoms with Gasteiger partial charge in [-0.2, -0.15) is 0 Å². The number of aliphatic carboxylic acids is 2. The van der Waals surface area contributed by atoms with Crippen molar-refractivity contribution in [3.8, 4) is 0 Å². The van der Waals surface area contributed by atoms with Crippen LogP contribution in [0.15, 0.2) is 0 Å². The normalized spacial score (nSPS) is 40.6. The Kier molecular flexibility index (Phi) is 2.27. The Hall–Kier alpha value is -1.63. The second kappa shape index (κ2) is 3.47. The number of amides is 1. The Morgan fingerprint density at radius 3 is 2.26 bits per heavy atom. The molecule has 3 fully saturated rings. The SMILES string of the molecule is NCC(=O)NC1(C(=O)O)CC2(CC2)C2C1[C@H]2C(=O)O. The maximum absolute atomic E-state index is 11.6. The Balaban J connectivity index is 1.95. The highest BCUT2D eigenvalue weighted by Gasteiger charge is 2.82. The number of carbonyl (C=O) groups excluding carboxylic acids is 1. The van der Waals surface area contributed by atoms with Crippen molar-refractivity contribution in [2.75, 3.05) is 6.54 Å². The summed E-state index contributed by atoms with van der Waals surface area (Å²) in [6, 6.07) is 0. The lowest BCUT2D eigenvalue weighted by Gasteiger charge is -2.30. The molecule has 0 bridgehead atoms. The van der Waals surface area contributed by atoms with Gasteiger partial charge in [0.05, 0.1) is 12.5 Å². The van der Waals surface area contributed by atoms with Gasteiger partial charge in [-0.25, -0.2) is 4.79 Å². The van der Waals surface area contributed by atoms with E-state index in [1.807, 2.05) is 0 Å². The third-order valence-corrected chi connectivity index (χ3v) is 5.03. The molecule has 7 nitrogen and oxygen atoms in total. The van der Waals surface area contributed by atoms with E-state index in [1.165, 1.54) is 0 Å². The van der Waals surface area contributed by atoms with Crippen molar-refractivity contribution in [2.24, 2.45) is 28.9 Å². The molecule has 3 aliphatic carbocycles. The molecule has 5 N–H and O–H groups in total. The molecular weight excluding hydrogens is 252 g/mol. The first-order chi connectivity index (χ1) is 8.88. The minimum absolute atomic E-state index is 0.112. The number of carboxylic acids is 2. The van der Waals surface area contributed by atoms with Crippen LogP contribution in [0.25, 0.3) is 0 Å². The van der Waals surface area contributed by atoms with Crippen LogP contribution in [0.2, 0.25) is 0 Å². The predicted molar refractivity (Wildman–Crippen MR) is 62.0 cm³/mol. The Labute approximate surface area is 109 Å². The molecule has 4 atom stereocenters. The monoisotopic (exact) mass is 268 g/mol. The Bertz CT molecular complexity index is 487. The fraction of sp³-hybridized carbons (Fsp3) is 0.750. The number of carbonyl (C=O) groups is 3. The van der Waals surface area contributed by atoms with Gasteiger partial charge in [-0.3, -0.25) is 9.59 Å². The molecule has 0 aromatic carbocycles. The summed E-state index contributed by atoms with van der Waals surface area (Å²) in [6.07, 6.45) is 2.04. The maximum atomic E-state index is 11.6. The first kappa shape index (κ1) is 12.4. The minimum Gasteiger partial charge on any atom is -0.481 e. The summed E-state index contributed by atoms with van der Waals surface area (Å²) in [4.78, 5) is 34.4. The summed E-state index contributed by atoms with van der Waals surface area (Å²) in [5, 5.41) is 21.2. The zero-order chi connectivity index (χ0) is 14.0. The van der Waals surface area contributed by atoms with Gasteiger partial charge in [0.15, 0.2) is 0 Å². The third-order valence-electron chi connectivity index (χ3n) is 5.03. The van der Waals surface area contributed by atoms with Crippen LogP contribution >= 0.6 is 0 Å². The molecule has 104 valence electrons. The number of rotatable bonds is 4. The summed E-state index contributed by atoms with van der Waals surface area (Å²) >= 11 is 0. The van der Waals surface area contributed by atoms with E-state index in [4.69, 9.17) is 5.73 Å². The average molecular weight is 268 g/mol. The van der Waals surface area contributed by atoms with Crippen LogP contribution in [0.1, 0.15) is 19.3 Å². The number of hydrogen-bond donors (Lipinski definition) is 4. The van der Waals surface area contributed by atoms with Crippen LogP contribution in [-0.2, 0) is 14.4 Å². The molecule has 7 heteroatoms. The van der Waals surface area contributed by atoms with Gasteiger partial charge in [-0.05, 0) is 30.6 Å². The van der Waals surface area contributed by atoms with E-state index in [0.29, 0.717) is 6.42 Å². The van der Waals surface area contributed by atoms with E-state index in [2.05, 4.69) is 5.32 Å². The van der Waals surface area contributed by atoms with Gasteiger partial charge in [-0.15, -0.1) is 0 Å². The molecule has 0 aromatic heterocycles. The van der Waals surface area contributed by atoms with Crippen molar-refractivity contribution in [1.82, 2.24) is 5.32 Å². The second-order valence-electron chi connectivity index (χ2n) is 5.98. The fourth-order valence-corrected chi connectivity index (χ4v) is 4.15. The van der Waals surface area contributed by atoms with Crippen LogP contribution in [-0.4, -0.2) is 40.1 Å². The van der Waals surface area contributed by atoms with Gasteiger partial charge < -0.3 is 21.3 Å². The molecule has 0 radical (unpaired) electrons. The number of nitrogens with two attached hydrogens (primary N) is 1. The largest absolute Gasteiger partial charge is 0.481 e. The minimum atomic E-state index is -1.44. The molecule has 0 heterocycles. The molecule has 19 heavy (non-hydrogen) atoms. The van der Waals surface area contributed by atoms with Crippen molar-refractivity contribution < 1.29 is 24.6 Å². The quantitative estimate of drug-likeness (QED) is 0.518. The van der Waals surface area contributed by atoms with E-state index in [-0.39, 0.29) is 17.9 Å². The standard InChI is InChI=1S/C12H16N2O5/c13-3-5(15)14-12(10(18)19)4-11(1-2-11)7-6(8(7)12)9(16)17/h6-8H,1-4,13H2,(H,14,15)(H,16,17)(H,18,19)/t6-,7?,8?,12?/m0/s1. The molecule has 3 saturated carbocycles. The molecule has 3 unspecified atom stereocenters. The summed E-state index contributed by atoms with van der Waals surface area (Å²) in [5.74, 6) is -3.91. The highest BCUT2D eigenvalue weighted by Crippen LogP contribution is 2.78. The Morgan fingerprint density at radius 2 is 1.84 bits per heavy atom. The first-order valence-electron chi connectivity index (χ1n) is 6.35. The number of fused-ring (bicyclic) bond motifs is 2. The van der Waals surface area contributed by atoms with Gasteiger partial charge in [0.25, 0.3) is 0 Å². The summed E-state index contributed by atoms with van der Waals surface area (Å²) < 4.78 is 0. The topological polar surface area (TPSA) is 130 Å². The molecule has 3 rings (SSSR count). The van der Waals surface area contributed by atoms with Crippen LogP contribution in [0.5, 0.6) is 0 Å².